The topological polar surface area (TPSA) is 63.2 Å². The van der Waals surface area contributed by atoms with Crippen molar-refractivity contribution in [3.63, 3.8) is 0 Å². The first-order chi connectivity index (χ1) is 12.6. The van der Waals surface area contributed by atoms with Crippen LogP contribution in [0.5, 0.6) is 17.2 Å². The van der Waals surface area contributed by atoms with Crippen LogP contribution in [0, 0.1) is 0 Å². The summed E-state index contributed by atoms with van der Waals surface area (Å²) in [6.07, 6.45) is 0.256. The minimum Gasteiger partial charge on any atom is -0.497 e. The summed E-state index contributed by atoms with van der Waals surface area (Å²) in [6.45, 7) is 0.231. The van der Waals surface area contributed by atoms with Crippen molar-refractivity contribution >= 4 is 5.78 Å². The predicted octanol–water partition coefficient (Wildman–Crippen LogP) is 3.65. The lowest BCUT2D eigenvalue weighted by Gasteiger charge is -2.18. The third-order valence-corrected chi connectivity index (χ3v) is 4.08. The van der Waals surface area contributed by atoms with Crippen molar-refractivity contribution in [1.29, 1.82) is 0 Å². The second-order valence-electron chi connectivity index (χ2n) is 5.65. The molecule has 26 heavy (non-hydrogen) atoms. The smallest absolute Gasteiger partial charge is 0.163 e. The van der Waals surface area contributed by atoms with Crippen molar-refractivity contribution < 1.29 is 28.8 Å². The summed E-state index contributed by atoms with van der Waals surface area (Å²) in [7, 11) is 6.20. The predicted molar refractivity (Wildman–Crippen MR) is 97.2 cm³/mol. The molecule has 0 aliphatic heterocycles. The highest BCUT2D eigenvalue weighted by atomic mass is 17.2. The van der Waals surface area contributed by atoms with E-state index < -0.39 is 0 Å². The number of methoxy groups -OCH3 is 3. The number of rotatable bonds is 10. The van der Waals surface area contributed by atoms with Crippen LogP contribution in [0.2, 0.25) is 0 Å². The van der Waals surface area contributed by atoms with E-state index in [1.54, 1.807) is 51.7 Å². The van der Waals surface area contributed by atoms with Crippen LogP contribution >= 0.6 is 0 Å². The molecule has 0 radical (unpaired) electrons. The maximum absolute atomic E-state index is 12.7. The van der Waals surface area contributed by atoms with Crippen molar-refractivity contribution in [2.75, 3.05) is 35.0 Å². The molecule has 0 saturated heterocycles. The summed E-state index contributed by atoms with van der Waals surface area (Å²) in [5, 5.41) is 0. The number of carbonyl (C=O) groups excluding carboxylic acids is 1. The fourth-order valence-corrected chi connectivity index (χ4v) is 2.61. The lowest BCUT2D eigenvalue weighted by Crippen LogP contribution is -2.14. The Kier molecular flexibility index (Phi) is 7.44. The van der Waals surface area contributed by atoms with Crippen molar-refractivity contribution in [3.8, 4) is 17.2 Å². The normalized spacial score (nSPS) is 11.7. The largest absolute Gasteiger partial charge is 0.497 e. The Morgan fingerprint density at radius 3 is 1.92 bits per heavy atom. The summed E-state index contributed by atoms with van der Waals surface area (Å²) >= 11 is 0. The lowest BCUT2D eigenvalue weighted by molar-refractivity contribution is -0.275. The van der Waals surface area contributed by atoms with Gasteiger partial charge in [0.2, 0.25) is 0 Å². The number of carbonyl (C=O) groups is 1. The summed E-state index contributed by atoms with van der Waals surface area (Å²) in [5.41, 5.74) is 1.49. The highest BCUT2D eigenvalue weighted by molar-refractivity contribution is 5.96. The molecule has 1 unspecified atom stereocenters. The number of ether oxygens (including phenoxy) is 3. The molecule has 0 heterocycles. The molecule has 2 aromatic rings. The minimum absolute atomic E-state index is 0.000794. The molecule has 2 aromatic carbocycles. The van der Waals surface area contributed by atoms with Gasteiger partial charge < -0.3 is 14.2 Å². The highest BCUT2D eigenvalue weighted by Crippen LogP contribution is 2.30. The molecule has 0 fully saturated rings. The average Bonchev–Trinajstić information content (AvgIpc) is 2.70. The van der Waals surface area contributed by atoms with E-state index in [0.717, 1.165) is 5.56 Å². The van der Waals surface area contributed by atoms with Crippen LogP contribution < -0.4 is 14.2 Å². The van der Waals surface area contributed by atoms with Crippen LogP contribution in [-0.2, 0) is 9.78 Å². The Bertz CT molecular complexity index is 688. The van der Waals surface area contributed by atoms with Gasteiger partial charge in [-0.3, -0.25) is 4.79 Å². The van der Waals surface area contributed by atoms with Crippen molar-refractivity contribution in [1.82, 2.24) is 0 Å². The van der Waals surface area contributed by atoms with Gasteiger partial charge in [0.15, 0.2) is 5.78 Å². The van der Waals surface area contributed by atoms with E-state index in [2.05, 4.69) is 0 Å². The number of Topliss-reactive ketones (excluding diaryl/α,β-unsaturated/α-hetero) is 1. The van der Waals surface area contributed by atoms with Gasteiger partial charge in [-0.1, -0.05) is 0 Å². The van der Waals surface area contributed by atoms with Gasteiger partial charge in [0, 0.05) is 24.0 Å². The van der Waals surface area contributed by atoms with Gasteiger partial charge in [0.25, 0.3) is 0 Å². The number of ketones is 1. The molecule has 0 saturated carbocycles. The zero-order valence-electron chi connectivity index (χ0n) is 15.5. The molecular weight excluding hydrogens is 336 g/mol. The lowest BCUT2D eigenvalue weighted by atomic mass is 9.92. The first kappa shape index (κ1) is 19.8. The van der Waals surface area contributed by atoms with Gasteiger partial charge in [-0.25, -0.2) is 9.78 Å². The molecule has 6 nitrogen and oxygen atoms in total. The first-order valence-electron chi connectivity index (χ1n) is 8.17. The van der Waals surface area contributed by atoms with Gasteiger partial charge in [-0.15, -0.1) is 0 Å². The summed E-state index contributed by atoms with van der Waals surface area (Å²) in [5.74, 6) is 1.79. The standard InChI is InChI=1S/C20H24O6/c1-22-17-7-5-14(6-8-17)20(21)11-16(13-26-25-4)15-9-18(23-2)12-19(10-15)24-3/h5-10,12,16H,11,13H2,1-4H3. The monoisotopic (exact) mass is 360 g/mol. The maximum atomic E-state index is 12.7. The molecular formula is C20H24O6. The second kappa shape index (κ2) is 9.79. The quantitative estimate of drug-likeness (QED) is 0.366. The van der Waals surface area contributed by atoms with Crippen LogP contribution in [0.25, 0.3) is 0 Å². The Labute approximate surface area is 153 Å². The molecule has 140 valence electrons. The molecule has 6 heteroatoms. The molecule has 0 bridgehead atoms. The molecule has 0 N–H and O–H groups in total. The second-order valence-corrected chi connectivity index (χ2v) is 5.65. The van der Waals surface area contributed by atoms with E-state index in [-0.39, 0.29) is 24.7 Å². The summed E-state index contributed by atoms with van der Waals surface area (Å²) in [4.78, 5) is 22.6. The summed E-state index contributed by atoms with van der Waals surface area (Å²) in [6, 6.07) is 12.6. The van der Waals surface area contributed by atoms with E-state index in [4.69, 9.17) is 24.0 Å². The Morgan fingerprint density at radius 2 is 1.42 bits per heavy atom. The Morgan fingerprint density at radius 1 is 0.846 bits per heavy atom. The van der Waals surface area contributed by atoms with E-state index in [1.807, 2.05) is 12.1 Å². The van der Waals surface area contributed by atoms with Gasteiger partial charge in [0.1, 0.15) is 17.2 Å². The van der Waals surface area contributed by atoms with Crippen molar-refractivity contribution in [3.05, 3.63) is 53.6 Å². The molecule has 0 aliphatic rings. The van der Waals surface area contributed by atoms with Gasteiger partial charge in [-0.2, -0.15) is 0 Å². The van der Waals surface area contributed by atoms with Crippen LogP contribution in [-0.4, -0.2) is 40.8 Å². The first-order valence-corrected chi connectivity index (χ1v) is 8.17. The highest BCUT2D eigenvalue weighted by Gasteiger charge is 2.20. The third-order valence-electron chi connectivity index (χ3n) is 4.08. The van der Waals surface area contributed by atoms with Crippen molar-refractivity contribution in [2.45, 2.75) is 12.3 Å². The molecule has 0 spiro atoms. The van der Waals surface area contributed by atoms with E-state index in [0.29, 0.717) is 22.8 Å². The molecule has 0 aromatic heterocycles. The van der Waals surface area contributed by atoms with Crippen LogP contribution in [0.3, 0.4) is 0 Å². The van der Waals surface area contributed by atoms with Gasteiger partial charge >= 0.3 is 0 Å². The van der Waals surface area contributed by atoms with Crippen LogP contribution in [0.4, 0.5) is 0 Å². The number of hydrogen-bond acceptors (Lipinski definition) is 6. The molecule has 2 rings (SSSR count). The van der Waals surface area contributed by atoms with Crippen LogP contribution in [0.15, 0.2) is 42.5 Å². The fourth-order valence-electron chi connectivity index (χ4n) is 2.61. The van der Waals surface area contributed by atoms with E-state index in [9.17, 15) is 4.79 Å². The van der Waals surface area contributed by atoms with Crippen LogP contribution in [0.1, 0.15) is 28.3 Å². The average molecular weight is 360 g/mol. The molecule has 0 aliphatic carbocycles. The summed E-state index contributed by atoms with van der Waals surface area (Å²) < 4.78 is 15.8. The Hall–Kier alpha value is -2.57. The van der Waals surface area contributed by atoms with Gasteiger partial charge in [0.05, 0.1) is 35.0 Å². The molecule has 0 amide bonds. The number of hydrogen-bond donors (Lipinski definition) is 0. The zero-order valence-corrected chi connectivity index (χ0v) is 15.5. The zero-order chi connectivity index (χ0) is 18.9. The maximum Gasteiger partial charge on any atom is 0.163 e. The Balaban J connectivity index is 2.24. The third kappa shape index (κ3) is 5.21. The van der Waals surface area contributed by atoms with E-state index in [1.165, 1.54) is 7.11 Å². The fraction of sp³-hybridized carbons (Fsp3) is 0.350. The SMILES string of the molecule is COOCC(CC(=O)c1ccc(OC)cc1)c1cc(OC)cc(OC)c1. The number of benzene rings is 2. The van der Waals surface area contributed by atoms with E-state index >= 15 is 0 Å². The van der Waals surface area contributed by atoms with Crippen molar-refractivity contribution in [2.24, 2.45) is 0 Å². The minimum atomic E-state index is -0.214. The van der Waals surface area contributed by atoms with Gasteiger partial charge in [-0.05, 0) is 42.0 Å². The molecule has 1 atom stereocenters.